The summed E-state index contributed by atoms with van der Waals surface area (Å²) in [5.41, 5.74) is 0. The molecule has 0 bridgehead atoms. The van der Waals surface area contributed by atoms with Crippen LogP contribution in [0.25, 0.3) is 5.32 Å². The monoisotopic (exact) mass is 235 g/mol. The van der Waals surface area contributed by atoms with Crippen molar-refractivity contribution in [2.24, 2.45) is 0 Å². The van der Waals surface area contributed by atoms with Gasteiger partial charge in [0.05, 0.1) is 0 Å². The van der Waals surface area contributed by atoms with Crippen LogP contribution in [-0.2, 0) is 65.4 Å². The minimum atomic E-state index is 0. The third-order valence-electron chi connectivity index (χ3n) is 0.447. The molecule has 0 atom stereocenters. The van der Waals surface area contributed by atoms with E-state index >= 15 is 0 Å². The molecule has 0 saturated carbocycles. The van der Waals surface area contributed by atoms with Gasteiger partial charge in [0, 0.05) is 65.4 Å². The van der Waals surface area contributed by atoms with Gasteiger partial charge in [0.2, 0.25) is 0 Å². The van der Waals surface area contributed by atoms with E-state index in [1.807, 2.05) is 0 Å². The molecule has 1 aliphatic rings. The molecule has 1 rings (SSSR count). The average Bonchev–Trinajstić information content (AvgIpc) is 0.722. The second-order valence-electron chi connectivity index (χ2n) is 0.790. The molecule has 1 heterocycles. The number of nitrogens with one attached hydrogen (secondary N) is 1. The van der Waals surface area contributed by atoms with Crippen LogP contribution in [-0.4, -0.2) is 13.3 Å². The summed E-state index contributed by atoms with van der Waals surface area (Å²) < 4.78 is 0. The van der Waals surface area contributed by atoms with Gasteiger partial charge in [-0.25, -0.2) is 0 Å². The molecular weight excluding hydrogens is 230 g/mol. The first kappa shape index (κ1) is 11.0. The van der Waals surface area contributed by atoms with E-state index in [-0.39, 0.29) is 65.4 Å². The van der Waals surface area contributed by atoms with Gasteiger partial charge in [0.1, 0.15) is 0 Å². The van der Waals surface area contributed by atoms with Crippen molar-refractivity contribution in [3.05, 3.63) is 5.32 Å². The van der Waals surface area contributed by atoms with Crippen molar-refractivity contribution in [3.8, 4) is 0 Å². The van der Waals surface area contributed by atoms with Crippen molar-refractivity contribution >= 4 is 0 Å². The van der Waals surface area contributed by atoms with Crippen molar-refractivity contribution in [2.45, 2.75) is 0 Å². The molecule has 0 aromatic rings. The third kappa shape index (κ3) is 4.29. The Bertz CT molecular complexity index is 17.5. The fourth-order valence-corrected chi connectivity index (χ4v) is 0.112. The Labute approximate surface area is 88.0 Å². The molecule has 0 amide bonds. The van der Waals surface area contributed by atoms with Gasteiger partial charge in [-0.2, -0.15) is 0 Å². The average molecular weight is 235 g/mol. The predicted octanol–water partition coefficient (Wildman–Crippen LogP) is -0.127. The van der Waals surface area contributed by atoms with Crippen LogP contribution in [0.5, 0.6) is 0 Å². The van der Waals surface area contributed by atoms with Gasteiger partial charge in [0.25, 0.3) is 0 Å². The molecule has 30 valence electrons. The predicted molar refractivity (Wildman–Crippen MR) is 16.2 cm³/mol. The SMILES string of the molecule is C1[N-]CN1.[Y].[Y]. The van der Waals surface area contributed by atoms with Gasteiger partial charge < -0.3 is 10.6 Å². The summed E-state index contributed by atoms with van der Waals surface area (Å²) in [5, 5.41) is 6.75. The quantitative estimate of drug-likeness (QED) is 0.621. The molecule has 2 radical (unpaired) electrons. The van der Waals surface area contributed by atoms with Crippen molar-refractivity contribution < 1.29 is 65.4 Å². The molecule has 0 aromatic heterocycles. The summed E-state index contributed by atoms with van der Waals surface area (Å²) in [7, 11) is 0. The van der Waals surface area contributed by atoms with Crippen LogP contribution >= 0.6 is 0 Å². The van der Waals surface area contributed by atoms with Crippen LogP contribution in [0.1, 0.15) is 0 Å². The maximum Gasteiger partial charge on any atom is 0 e. The Kier molecular flexibility index (Phi) is 13.1. The Hall–Kier alpha value is 2.13. The summed E-state index contributed by atoms with van der Waals surface area (Å²) in [4.78, 5) is 0. The maximum absolute atomic E-state index is 3.81. The number of rotatable bonds is 0. The van der Waals surface area contributed by atoms with Crippen molar-refractivity contribution in [1.29, 1.82) is 0 Å². The van der Waals surface area contributed by atoms with E-state index in [0.29, 0.717) is 0 Å². The van der Waals surface area contributed by atoms with E-state index in [0.717, 1.165) is 13.3 Å². The van der Waals surface area contributed by atoms with Crippen LogP contribution < -0.4 is 5.32 Å². The fourth-order valence-electron chi connectivity index (χ4n) is 0.112. The second-order valence-corrected chi connectivity index (χ2v) is 0.790. The van der Waals surface area contributed by atoms with Gasteiger partial charge >= 0.3 is 0 Å². The Morgan fingerprint density at radius 2 is 1.33 bits per heavy atom. The first-order chi connectivity index (χ1) is 2.00. The van der Waals surface area contributed by atoms with Crippen LogP contribution in [0.4, 0.5) is 0 Å². The zero-order chi connectivity index (χ0) is 2.83. The number of hydrogen-bond donors (Lipinski definition) is 1. The second kappa shape index (κ2) is 7.13. The van der Waals surface area contributed by atoms with Crippen molar-refractivity contribution in [3.63, 3.8) is 0 Å². The van der Waals surface area contributed by atoms with Gasteiger partial charge in [-0.15, -0.1) is 0 Å². The Balaban J connectivity index is 0. The summed E-state index contributed by atoms with van der Waals surface area (Å²) in [5.74, 6) is 0. The zero-order valence-corrected chi connectivity index (χ0v) is 9.19. The zero-order valence-electron chi connectivity index (χ0n) is 3.52. The Morgan fingerprint density at radius 3 is 1.33 bits per heavy atom. The molecule has 1 aliphatic heterocycles. The van der Waals surface area contributed by atoms with Crippen LogP contribution in [0.2, 0.25) is 0 Å². The molecule has 6 heavy (non-hydrogen) atoms. The third-order valence-corrected chi connectivity index (χ3v) is 0.447. The van der Waals surface area contributed by atoms with Crippen LogP contribution in [0.3, 0.4) is 0 Å². The minimum Gasteiger partial charge on any atom is -0.638 e. The van der Waals surface area contributed by atoms with Crippen LogP contribution in [0, 0.1) is 0 Å². The topological polar surface area (TPSA) is 26.1 Å². The molecule has 0 aromatic carbocycles. The molecule has 4 heteroatoms. The molecule has 1 N–H and O–H groups in total. The molecule has 0 spiro atoms. The van der Waals surface area contributed by atoms with E-state index in [4.69, 9.17) is 0 Å². The summed E-state index contributed by atoms with van der Waals surface area (Å²) in [6.07, 6.45) is 0. The van der Waals surface area contributed by atoms with E-state index in [1.165, 1.54) is 0 Å². The van der Waals surface area contributed by atoms with E-state index < -0.39 is 0 Å². The number of nitrogens with zero attached hydrogens (tertiary/aromatic N) is 1. The molecule has 1 fully saturated rings. The molecule has 0 aliphatic carbocycles. The maximum atomic E-state index is 3.81. The van der Waals surface area contributed by atoms with E-state index in [2.05, 4.69) is 10.6 Å². The summed E-state index contributed by atoms with van der Waals surface area (Å²) >= 11 is 0. The molecule has 1 saturated heterocycles. The standard InChI is InChI=1S/C2H5N2.2Y/c1-3-2-4-1;;/h3H,1-2H2;;/q-1;;. The summed E-state index contributed by atoms with van der Waals surface area (Å²) in [6.45, 7) is 1.75. The number of hydrogen-bond acceptors (Lipinski definition) is 1. The normalized spacial score (nSPS) is 16.0. The molecular formula is C2H5N2Y2-. The summed E-state index contributed by atoms with van der Waals surface area (Å²) in [6, 6.07) is 0. The smallest absolute Gasteiger partial charge is 0 e. The van der Waals surface area contributed by atoms with E-state index in [9.17, 15) is 0 Å². The first-order valence-electron chi connectivity index (χ1n) is 1.34. The first-order valence-corrected chi connectivity index (χ1v) is 1.34. The van der Waals surface area contributed by atoms with Gasteiger partial charge in [0.15, 0.2) is 0 Å². The fraction of sp³-hybridized carbons (Fsp3) is 1.00. The van der Waals surface area contributed by atoms with Gasteiger partial charge in [-0.1, -0.05) is 13.3 Å². The minimum absolute atomic E-state index is 0. The Morgan fingerprint density at radius 1 is 1.17 bits per heavy atom. The largest absolute Gasteiger partial charge is 0.638 e. The van der Waals surface area contributed by atoms with Gasteiger partial charge in [-0.05, 0) is 0 Å². The molecule has 0 unspecified atom stereocenters. The van der Waals surface area contributed by atoms with Gasteiger partial charge in [-0.3, -0.25) is 0 Å². The van der Waals surface area contributed by atoms with Crippen molar-refractivity contribution in [1.82, 2.24) is 5.32 Å². The molecule has 2 nitrogen and oxygen atoms in total. The van der Waals surface area contributed by atoms with Crippen LogP contribution in [0.15, 0.2) is 0 Å². The van der Waals surface area contributed by atoms with E-state index in [1.54, 1.807) is 0 Å². The van der Waals surface area contributed by atoms with Crippen molar-refractivity contribution in [2.75, 3.05) is 13.3 Å².